The Kier molecular flexibility index (Phi) is 4.52. The Hall–Kier alpha value is -1.62. The van der Waals surface area contributed by atoms with Gasteiger partial charge in [-0.3, -0.25) is 4.79 Å². The van der Waals surface area contributed by atoms with Crippen LogP contribution in [0.3, 0.4) is 0 Å². The van der Waals surface area contributed by atoms with Crippen LogP contribution in [0.4, 0.5) is 4.39 Å². The summed E-state index contributed by atoms with van der Waals surface area (Å²) in [6.07, 6.45) is 0.141. The summed E-state index contributed by atoms with van der Waals surface area (Å²) in [5.41, 5.74) is 5.98. The molecule has 5 heteroatoms. The molecule has 4 nitrogen and oxygen atoms in total. The van der Waals surface area contributed by atoms with Crippen LogP contribution >= 0.6 is 0 Å². The van der Waals surface area contributed by atoms with E-state index in [4.69, 9.17) is 10.5 Å². The van der Waals surface area contributed by atoms with E-state index in [2.05, 4.69) is 13.8 Å². The lowest BCUT2D eigenvalue weighted by Crippen LogP contribution is -2.56. The van der Waals surface area contributed by atoms with Crippen molar-refractivity contribution in [2.45, 2.75) is 39.3 Å². The van der Waals surface area contributed by atoms with E-state index in [9.17, 15) is 9.18 Å². The minimum Gasteiger partial charge on any atom is -0.481 e. The van der Waals surface area contributed by atoms with Crippen molar-refractivity contribution in [2.24, 2.45) is 11.1 Å². The molecule has 0 aromatic heterocycles. The van der Waals surface area contributed by atoms with Gasteiger partial charge in [-0.1, -0.05) is 19.9 Å². The largest absolute Gasteiger partial charge is 0.481 e. The Morgan fingerprint density at radius 2 is 2.24 bits per heavy atom. The Morgan fingerprint density at radius 3 is 2.86 bits per heavy atom. The topological polar surface area (TPSA) is 55.6 Å². The Balaban J connectivity index is 1.99. The summed E-state index contributed by atoms with van der Waals surface area (Å²) in [5, 5.41) is 0. The van der Waals surface area contributed by atoms with E-state index >= 15 is 0 Å². The summed E-state index contributed by atoms with van der Waals surface area (Å²) in [6, 6.07) is 5.92. The van der Waals surface area contributed by atoms with Crippen LogP contribution < -0.4 is 10.5 Å². The fraction of sp³-hybridized carbons (Fsp3) is 0.562. The number of nitrogens with two attached hydrogens (primary N) is 1. The van der Waals surface area contributed by atoms with Gasteiger partial charge in [-0.15, -0.1) is 0 Å². The summed E-state index contributed by atoms with van der Waals surface area (Å²) in [6.45, 7) is 7.07. The first-order valence-electron chi connectivity index (χ1n) is 7.26. The molecule has 2 unspecified atom stereocenters. The quantitative estimate of drug-likeness (QED) is 0.929. The average Bonchev–Trinajstić information content (AvgIpc) is 2.41. The molecule has 1 heterocycles. The van der Waals surface area contributed by atoms with E-state index < -0.39 is 6.10 Å². The van der Waals surface area contributed by atoms with Gasteiger partial charge in [0.05, 0.1) is 0 Å². The molecule has 116 valence electrons. The molecule has 2 rings (SSSR count). The second-order valence-corrected chi connectivity index (χ2v) is 6.36. The van der Waals surface area contributed by atoms with Crippen molar-refractivity contribution >= 4 is 5.91 Å². The van der Waals surface area contributed by atoms with Crippen molar-refractivity contribution in [3.63, 3.8) is 0 Å². The molecule has 0 saturated carbocycles. The molecule has 1 aliphatic rings. The number of carbonyl (C=O) groups excluding carboxylic acids is 1. The van der Waals surface area contributed by atoms with Gasteiger partial charge < -0.3 is 15.4 Å². The second-order valence-electron chi connectivity index (χ2n) is 6.36. The number of benzene rings is 1. The molecule has 1 fully saturated rings. The monoisotopic (exact) mass is 294 g/mol. The average molecular weight is 294 g/mol. The number of rotatable bonds is 3. The van der Waals surface area contributed by atoms with Crippen LogP contribution in [0, 0.1) is 11.2 Å². The van der Waals surface area contributed by atoms with Gasteiger partial charge in [0, 0.05) is 25.2 Å². The van der Waals surface area contributed by atoms with Crippen molar-refractivity contribution in [2.75, 3.05) is 13.1 Å². The van der Waals surface area contributed by atoms with Gasteiger partial charge >= 0.3 is 0 Å². The molecule has 2 N–H and O–H groups in total. The van der Waals surface area contributed by atoms with Crippen molar-refractivity contribution in [3.8, 4) is 5.75 Å². The normalized spacial score (nSPS) is 22.7. The summed E-state index contributed by atoms with van der Waals surface area (Å²) in [5.74, 6) is -0.0970. The molecule has 1 aromatic carbocycles. The van der Waals surface area contributed by atoms with Crippen molar-refractivity contribution in [1.29, 1.82) is 0 Å². The van der Waals surface area contributed by atoms with Crippen LogP contribution in [0.25, 0.3) is 0 Å². The van der Waals surface area contributed by atoms with Gasteiger partial charge in [-0.05, 0) is 30.9 Å². The van der Waals surface area contributed by atoms with Gasteiger partial charge in [0.25, 0.3) is 5.91 Å². The smallest absolute Gasteiger partial charge is 0.263 e. The van der Waals surface area contributed by atoms with Crippen molar-refractivity contribution in [3.05, 3.63) is 30.1 Å². The summed E-state index contributed by atoms with van der Waals surface area (Å²) >= 11 is 0. The molecule has 1 aliphatic heterocycles. The number of likely N-dealkylation sites (tertiary alicyclic amines) is 1. The first kappa shape index (κ1) is 15.8. The maximum absolute atomic E-state index is 13.1. The number of carbonyl (C=O) groups is 1. The SMILES string of the molecule is CC(Oc1cccc(F)c1)C(=O)N1CCC(N)C(C)(C)C1. The third-order valence-corrected chi connectivity index (χ3v) is 4.08. The third-order valence-electron chi connectivity index (χ3n) is 4.08. The van der Waals surface area contributed by atoms with Gasteiger partial charge in [0.15, 0.2) is 6.10 Å². The van der Waals surface area contributed by atoms with E-state index in [1.165, 1.54) is 12.1 Å². The van der Waals surface area contributed by atoms with Crippen LogP contribution in [-0.4, -0.2) is 36.0 Å². The minimum absolute atomic E-state index is 0.0840. The highest BCUT2D eigenvalue weighted by molar-refractivity contribution is 5.81. The highest BCUT2D eigenvalue weighted by Crippen LogP contribution is 2.28. The number of piperidine rings is 1. The number of amides is 1. The standard InChI is InChI=1S/C16H23FN2O2/c1-11(21-13-6-4-5-12(17)9-13)15(20)19-8-7-14(18)16(2,3)10-19/h4-6,9,11,14H,7-8,10,18H2,1-3H3. The fourth-order valence-electron chi connectivity index (χ4n) is 2.61. The molecule has 0 aliphatic carbocycles. The first-order valence-corrected chi connectivity index (χ1v) is 7.26. The molecule has 0 spiro atoms. The molecule has 0 bridgehead atoms. The predicted molar refractivity (Wildman–Crippen MR) is 79.4 cm³/mol. The highest BCUT2D eigenvalue weighted by atomic mass is 19.1. The second kappa shape index (κ2) is 6.02. The van der Waals surface area contributed by atoms with Crippen molar-refractivity contribution < 1.29 is 13.9 Å². The van der Waals surface area contributed by atoms with Crippen LogP contribution in [-0.2, 0) is 4.79 Å². The van der Waals surface area contributed by atoms with Gasteiger partial charge in [-0.2, -0.15) is 0 Å². The lowest BCUT2D eigenvalue weighted by molar-refractivity contribution is -0.141. The van der Waals surface area contributed by atoms with Crippen molar-refractivity contribution in [1.82, 2.24) is 4.90 Å². The zero-order valence-electron chi connectivity index (χ0n) is 12.8. The Labute approximate surface area is 125 Å². The summed E-state index contributed by atoms with van der Waals surface area (Å²) in [4.78, 5) is 14.2. The Bertz CT molecular complexity index is 519. The maximum atomic E-state index is 13.1. The van der Waals surface area contributed by atoms with E-state index in [0.29, 0.717) is 18.8 Å². The minimum atomic E-state index is -0.642. The van der Waals surface area contributed by atoms with Crippen LogP contribution in [0.15, 0.2) is 24.3 Å². The summed E-state index contributed by atoms with van der Waals surface area (Å²) < 4.78 is 18.7. The molecular weight excluding hydrogens is 271 g/mol. The number of hydrogen-bond donors (Lipinski definition) is 1. The van der Waals surface area contributed by atoms with E-state index in [-0.39, 0.29) is 23.2 Å². The van der Waals surface area contributed by atoms with Crippen LogP contribution in [0.2, 0.25) is 0 Å². The number of ether oxygens (including phenoxy) is 1. The lowest BCUT2D eigenvalue weighted by atomic mass is 9.79. The molecule has 2 atom stereocenters. The van der Waals surface area contributed by atoms with Crippen LogP contribution in [0.1, 0.15) is 27.2 Å². The first-order chi connectivity index (χ1) is 9.79. The molecule has 1 aromatic rings. The van der Waals surface area contributed by atoms with Gasteiger partial charge in [0.2, 0.25) is 0 Å². The lowest BCUT2D eigenvalue weighted by Gasteiger charge is -2.43. The number of nitrogens with zero attached hydrogens (tertiary/aromatic N) is 1. The zero-order valence-corrected chi connectivity index (χ0v) is 12.8. The molecule has 1 amide bonds. The molecule has 21 heavy (non-hydrogen) atoms. The highest BCUT2D eigenvalue weighted by Gasteiger charge is 2.36. The Morgan fingerprint density at radius 1 is 1.52 bits per heavy atom. The maximum Gasteiger partial charge on any atom is 0.263 e. The van der Waals surface area contributed by atoms with Crippen LogP contribution in [0.5, 0.6) is 5.75 Å². The van der Waals surface area contributed by atoms with E-state index in [0.717, 1.165) is 6.42 Å². The predicted octanol–water partition coefficient (Wildman–Crippen LogP) is 2.18. The van der Waals surface area contributed by atoms with E-state index in [1.807, 2.05) is 0 Å². The van der Waals surface area contributed by atoms with E-state index in [1.54, 1.807) is 24.0 Å². The van der Waals surface area contributed by atoms with Gasteiger partial charge in [-0.25, -0.2) is 4.39 Å². The number of hydrogen-bond acceptors (Lipinski definition) is 3. The van der Waals surface area contributed by atoms with Gasteiger partial charge in [0.1, 0.15) is 11.6 Å². The summed E-state index contributed by atoms with van der Waals surface area (Å²) in [7, 11) is 0. The zero-order chi connectivity index (χ0) is 15.6. The molecule has 1 saturated heterocycles. The number of halogens is 1. The molecular formula is C16H23FN2O2. The molecule has 0 radical (unpaired) electrons. The third kappa shape index (κ3) is 3.73. The fourth-order valence-corrected chi connectivity index (χ4v) is 2.61.